The van der Waals surface area contributed by atoms with Gasteiger partial charge >= 0.3 is 5.97 Å². The predicted octanol–water partition coefficient (Wildman–Crippen LogP) is 3.71. The Balaban J connectivity index is 2.19. The second kappa shape index (κ2) is 4.47. The summed E-state index contributed by atoms with van der Waals surface area (Å²) >= 11 is 0. The molecule has 2 aliphatic rings. The molecule has 0 aromatic heterocycles. The average molecular weight is 236 g/mol. The molecule has 1 saturated carbocycles. The van der Waals surface area contributed by atoms with Gasteiger partial charge in [-0.3, -0.25) is 4.79 Å². The number of carbonyl (C=O) groups excluding carboxylic acids is 1. The molecule has 0 aromatic carbocycles. The van der Waals surface area contributed by atoms with Gasteiger partial charge in [-0.25, -0.2) is 0 Å². The van der Waals surface area contributed by atoms with Crippen LogP contribution in [0.2, 0.25) is 0 Å². The Morgan fingerprint density at radius 2 is 2.12 bits per heavy atom. The first-order valence-electron chi connectivity index (χ1n) is 6.82. The molecule has 0 N–H and O–H groups in total. The SMILES string of the molecule is CC(=O)O[C@H]1C=C2CC[C@@H](C)[C@@H](C)[C@@]2(C)CC1. The smallest absolute Gasteiger partial charge is 0.303 e. The van der Waals surface area contributed by atoms with E-state index < -0.39 is 0 Å². The van der Waals surface area contributed by atoms with Gasteiger partial charge in [0.2, 0.25) is 0 Å². The van der Waals surface area contributed by atoms with Gasteiger partial charge in [0, 0.05) is 6.92 Å². The normalized spacial score (nSPS) is 41.4. The van der Waals surface area contributed by atoms with Gasteiger partial charge in [-0.05, 0) is 49.0 Å². The molecule has 4 atom stereocenters. The predicted molar refractivity (Wildman–Crippen MR) is 68.5 cm³/mol. The lowest BCUT2D eigenvalue weighted by Gasteiger charge is -2.48. The molecule has 2 aliphatic carbocycles. The molecule has 0 bridgehead atoms. The maximum Gasteiger partial charge on any atom is 0.303 e. The highest BCUT2D eigenvalue weighted by Gasteiger charge is 2.43. The van der Waals surface area contributed by atoms with Crippen LogP contribution in [-0.2, 0) is 9.53 Å². The van der Waals surface area contributed by atoms with Crippen molar-refractivity contribution in [3.05, 3.63) is 11.6 Å². The van der Waals surface area contributed by atoms with E-state index >= 15 is 0 Å². The molecule has 2 nitrogen and oxygen atoms in total. The van der Waals surface area contributed by atoms with E-state index in [9.17, 15) is 4.79 Å². The molecule has 0 saturated heterocycles. The maximum atomic E-state index is 11.0. The fourth-order valence-corrected chi connectivity index (χ4v) is 3.56. The monoisotopic (exact) mass is 236 g/mol. The quantitative estimate of drug-likeness (QED) is 0.512. The van der Waals surface area contributed by atoms with Crippen LogP contribution in [0.5, 0.6) is 0 Å². The minimum absolute atomic E-state index is 0.0242. The van der Waals surface area contributed by atoms with E-state index in [1.165, 1.54) is 25.3 Å². The molecule has 96 valence electrons. The Morgan fingerprint density at radius 1 is 1.41 bits per heavy atom. The molecule has 0 aromatic rings. The first-order chi connectivity index (χ1) is 7.93. The summed E-state index contributed by atoms with van der Waals surface area (Å²) in [7, 11) is 0. The Labute approximate surface area is 104 Å². The minimum Gasteiger partial charge on any atom is -0.458 e. The maximum absolute atomic E-state index is 11.0. The van der Waals surface area contributed by atoms with E-state index in [4.69, 9.17) is 4.74 Å². The lowest BCUT2D eigenvalue weighted by atomic mass is 9.57. The van der Waals surface area contributed by atoms with Crippen LogP contribution < -0.4 is 0 Å². The highest BCUT2D eigenvalue weighted by atomic mass is 16.5. The zero-order valence-electron chi connectivity index (χ0n) is 11.5. The molecule has 17 heavy (non-hydrogen) atoms. The van der Waals surface area contributed by atoms with Crippen molar-refractivity contribution in [1.29, 1.82) is 0 Å². The summed E-state index contributed by atoms with van der Waals surface area (Å²) in [6, 6.07) is 0. The van der Waals surface area contributed by atoms with Crippen molar-refractivity contribution in [2.24, 2.45) is 17.3 Å². The number of hydrogen-bond acceptors (Lipinski definition) is 2. The van der Waals surface area contributed by atoms with Gasteiger partial charge in [0.1, 0.15) is 6.10 Å². The average Bonchev–Trinajstić information content (AvgIpc) is 2.26. The van der Waals surface area contributed by atoms with Crippen molar-refractivity contribution in [3.63, 3.8) is 0 Å². The molecular formula is C15H24O2. The van der Waals surface area contributed by atoms with Crippen LogP contribution in [-0.4, -0.2) is 12.1 Å². The summed E-state index contributed by atoms with van der Waals surface area (Å²) in [5.74, 6) is 1.39. The van der Waals surface area contributed by atoms with Gasteiger partial charge in [0.05, 0.1) is 0 Å². The number of fused-ring (bicyclic) bond motifs is 1. The third kappa shape index (κ3) is 2.27. The minimum atomic E-state index is -0.160. The summed E-state index contributed by atoms with van der Waals surface area (Å²) in [5, 5.41) is 0. The molecule has 0 radical (unpaired) electrons. The van der Waals surface area contributed by atoms with Gasteiger partial charge < -0.3 is 4.74 Å². The summed E-state index contributed by atoms with van der Waals surface area (Å²) in [6.45, 7) is 8.63. The van der Waals surface area contributed by atoms with Gasteiger partial charge in [-0.2, -0.15) is 0 Å². The zero-order valence-corrected chi connectivity index (χ0v) is 11.5. The number of rotatable bonds is 1. The van der Waals surface area contributed by atoms with E-state index in [0.29, 0.717) is 5.41 Å². The number of allylic oxidation sites excluding steroid dienone is 1. The van der Waals surface area contributed by atoms with Gasteiger partial charge in [-0.1, -0.05) is 26.3 Å². The summed E-state index contributed by atoms with van der Waals surface area (Å²) in [4.78, 5) is 11.0. The van der Waals surface area contributed by atoms with E-state index in [0.717, 1.165) is 24.7 Å². The van der Waals surface area contributed by atoms with Crippen LogP contribution >= 0.6 is 0 Å². The van der Waals surface area contributed by atoms with Crippen LogP contribution in [0.15, 0.2) is 11.6 Å². The van der Waals surface area contributed by atoms with E-state index in [2.05, 4.69) is 26.8 Å². The number of carbonyl (C=O) groups is 1. The Hall–Kier alpha value is -0.790. The fourth-order valence-electron chi connectivity index (χ4n) is 3.56. The summed E-state index contributed by atoms with van der Waals surface area (Å²) < 4.78 is 5.33. The van der Waals surface area contributed by atoms with Crippen molar-refractivity contribution in [1.82, 2.24) is 0 Å². The molecule has 0 heterocycles. The number of hydrogen-bond donors (Lipinski definition) is 0. The highest BCUT2D eigenvalue weighted by molar-refractivity contribution is 5.66. The standard InChI is InChI=1S/C15H24O2/c1-10-5-6-13-9-14(17-12(3)16)7-8-15(13,4)11(10)2/h9-11,14H,5-8H2,1-4H3/t10-,11-,14-,15-/m1/s1. The lowest BCUT2D eigenvalue weighted by molar-refractivity contribution is -0.145. The molecule has 2 rings (SSSR count). The van der Waals surface area contributed by atoms with E-state index in [-0.39, 0.29) is 12.1 Å². The largest absolute Gasteiger partial charge is 0.458 e. The molecular weight excluding hydrogens is 212 g/mol. The first-order valence-corrected chi connectivity index (χ1v) is 6.82. The second-order valence-electron chi connectivity index (χ2n) is 6.10. The molecule has 0 unspecified atom stereocenters. The highest BCUT2D eigenvalue weighted by Crippen LogP contribution is 2.52. The van der Waals surface area contributed by atoms with Gasteiger partial charge in [0.15, 0.2) is 0 Å². The van der Waals surface area contributed by atoms with Crippen molar-refractivity contribution in [2.75, 3.05) is 0 Å². The van der Waals surface area contributed by atoms with Gasteiger partial charge in [0.25, 0.3) is 0 Å². The van der Waals surface area contributed by atoms with Crippen LogP contribution in [0, 0.1) is 17.3 Å². The number of esters is 1. The van der Waals surface area contributed by atoms with Gasteiger partial charge in [-0.15, -0.1) is 0 Å². The van der Waals surface area contributed by atoms with E-state index in [1.54, 1.807) is 0 Å². The lowest BCUT2D eigenvalue weighted by Crippen LogP contribution is -2.40. The Bertz CT molecular complexity index is 345. The van der Waals surface area contributed by atoms with Crippen molar-refractivity contribution in [3.8, 4) is 0 Å². The number of ether oxygens (including phenoxy) is 1. The van der Waals surface area contributed by atoms with Crippen molar-refractivity contribution in [2.45, 2.75) is 59.5 Å². The zero-order chi connectivity index (χ0) is 12.6. The third-order valence-electron chi connectivity index (χ3n) is 5.11. The summed E-state index contributed by atoms with van der Waals surface area (Å²) in [5.41, 5.74) is 1.87. The Morgan fingerprint density at radius 3 is 2.76 bits per heavy atom. The molecule has 0 aliphatic heterocycles. The van der Waals surface area contributed by atoms with Crippen LogP contribution in [0.1, 0.15) is 53.4 Å². The third-order valence-corrected chi connectivity index (χ3v) is 5.11. The first kappa shape index (κ1) is 12.7. The van der Waals surface area contributed by atoms with Crippen molar-refractivity contribution < 1.29 is 9.53 Å². The van der Waals surface area contributed by atoms with Crippen LogP contribution in [0.25, 0.3) is 0 Å². The Kier molecular flexibility index (Phi) is 3.33. The van der Waals surface area contributed by atoms with Crippen molar-refractivity contribution >= 4 is 5.97 Å². The fraction of sp³-hybridized carbons (Fsp3) is 0.800. The van der Waals surface area contributed by atoms with E-state index in [1.807, 2.05) is 0 Å². The molecule has 0 spiro atoms. The summed E-state index contributed by atoms with van der Waals surface area (Å²) in [6.07, 6.45) is 6.85. The van der Waals surface area contributed by atoms with Crippen LogP contribution in [0.3, 0.4) is 0 Å². The topological polar surface area (TPSA) is 26.3 Å². The second-order valence-corrected chi connectivity index (χ2v) is 6.10. The molecule has 2 heteroatoms. The van der Waals surface area contributed by atoms with Crippen LogP contribution in [0.4, 0.5) is 0 Å². The molecule has 1 fully saturated rings. The molecule has 0 amide bonds.